The summed E-state index contributed by atoms with van der Waals surface area (Å²) in [6, 6.07) is 10.8. The molecular weight excluding hydrogens is 324 g/mol. The minimum Gasteiger partial charge on any atom is -0.322 e. The van der Waals surface area contributed by atoms with E-state index in [1.54, 1.807) is 32.0 Å². The van der Waals surface area contributed by atoms with E-state index in [4.69, 9.17) is 0 Å². The number of hydrogen-bond acceptors (Lipinski definition) is 3. The van der Waals surface area contributed by atoms with Gasteiger partial charge in [0.15, 0.2) is 0 Å². The van der Waals surface area contributed by atoms with Crippen molar-refractivity contribution >= 4 is 27.3 Å². The molecule has 0 heterocycles. The van der Waals surface area contributed by atoms with Gasteiger partial charge in [-0.1, -0.05) is 17.2 Å². The first-order valence-corrected chi connectivity index (χ1v) is 9.36. The van der Waals surface area contributed by atoms with Crippen LogP contribution in [-0.4, -0.2) is 20.1 Å². The van der Waals surface area contributed by atoms with Gasteiger partial charge in [-0.25, -0.2) is 8.42 Å². The molecule has 2 aromatic rings. The van der Waals surface area contributed by atoms with Crippen LogP contribution < -0.4 is 10.0 Å². The van der Waals surface area contributed by atoms with Gasteiger partial charge in [-0.05, 0) is 63.6 Å². The average molecular weight is 346 g/mol. The van der Waals surface area contributed by atoms with Crippen LogP contribution in [0.15, 0.2) is 36.4 Å². The molecule has 0 atom stereocenters. The monoisotopic (exact) mass is 346 g/mol. The maximum atomic E-state index is 12.4. The molecular formula is C18H22N2O3S. The van der Waals surface area contributed by atoms with E-state index < -0.39 is 10.0 Å². The molecule has 0 aliphatic carbocycles. The fraction of sp³-hybridized carbons (Fsp3) is 0.278. The van der Waals surface area contributed by atoms with Gasteiger partial charge in [0.05, 0.1) is 11.4 Å². The Morgan fingerprint density at radius 1 is 1.00 bits per heavy atom. The maximum absolute atomic E-state index is 12.4. The van der Waals surface area contributed by atoms with Crippen LogP contribution in [0.2, 0.25) is 0 Å². The largest absolute Gasteiger partial charge is 0.322 e. The van der Waals surface area contributed by atoms with Crippen molar-refractivity contribution in [1.82, 2.24) is 0 Å². The van der Waals surface area contributed by atoms with E-state index in [-0.39, 0.29) is 11.7 Å². The zero-order valence-electron chi connectivity index (χ0n) is 14.3. The Morgan fingerprint density at radius 3 is 2.17 bits per heavy atom. The molecule has 0 saturated carbocycles. The van der Waals surface area contributed by atoms with E-state index in [0.717, 1.165) is 16.7 Å². The van der Waals surface area contributed by atoms with Gasteiger partial charge in [0, 0.05) is 11.3 Å². The van der Waals surface area contributed by atoms with Crippen molar-refractivity contribution in [1.29, 1.82) is 0 Å². The summed E-state index contributed by atoms with van der Waals surface area (Å²) in [6.45, 7) is 7.27. The van der Waals surface area contributed by atoms with Gasteiger partial charge in [0.2, 0.25) is 10.0 Å². The fourth-order valence-corrected chi connectivity index (χ4v) is 3.11. The molecule has 0 saturated heterocycles. The number of carbonyl (C=O) groups excluding carboxylic acids is 1. The van der Waals surface area contributed by atoms with Gasteiger partial charge in [0.25, 0.3) is 5.91 Å². The highest BCUT2D eigenvalue weighted by Crippen LogP contribution is 2.21. The standard InChI is InChI=1S/C18H22N2O3S/c1-5-24(22,23)20-17-7-6-16(11-14(17)4)19-18(21)15-9-12(2)8-13(3)10-15/h6-11,20H,5H2,1-4H3,(H,19,21). The van der Waals surface area contributed by atoms with Crippen molar-refractivity contribution in [3.8, 4) is 0 Å². The quantitative estimate of drug-likeness (QED) is 0.868. The minimum atomic E-state index is -3.32. The fourth-order valence-electron chi connectivity index (χ4n) is 2.40. The second-order valence-electron chi connectivity index (χ2n) is 5.87. The number of sulfonamides is 1. The van der Waals surface area contributed by atoms with Crippen LogP contribution in [0.1, 0.15) is 34.0 Å². The third-order valence-electron chi connectivity index (χ3n) is 3.61. The summed E-state index contributed by atoms with van der Waals surface area (Å²) in [5, 5.41) is 2.84. The summed E-state index contributed by atoms with van der Waals surface area (Å²) < 4.78 is 25.8. The Balaban J connectivity index is 2.19. The number of benzene rings is 2. The van der Waals surface area contributed by atoms with Gasteiger partial charge in [-0.2, -0.15) is 0 Å². The Bertz CT molecular complexity index is 854. The summed E-state index contributed by atoms with van der Waals surface area (Å²) in [7, 11) is -3.32. The third kappa shape index (κ3) is 4.58. The first kappa shape index (κ1) is 18.0. The number of carbonyl (C=O) groups is 1. The van der Waals surface area contributed by atoms with E-state index in [0.29, 0.717) is 16.9 Å². The summed E-state index contributed by atoms with van der Waals surface area (Å²) in [5.41, 5.74) is 4.53. The third-order valence-corrected chi connectivity index (χ3v) is 4.90. The highest BCUT2D eigenvalue weighted by atomic mass is 32.2. The molecule has 0 aliphatic heterocycles. The normalized spacial score (nSPS) is 11.2. The first-order chi connectivity index (χ1) is 11.2. The molecule has 1 amide bonds. The molecule has 0 radical (unpaired) electrons. The van der Waals surface area contributed by atoms with Crippen LogP contribution >= 0.6 is 0 Å². The predicted molar refractivity (Wildman–Crippen MR) is 98.1 cm³/mol. The number of aryl methyl sites for hydroxylation is 3. The summed E-state index contributed by atoms with van der Waals surface area (Å²) in [5.74, 6) is -0.180. The van der Waals surface area contributed by atoms with Gasteiger partial charge in [-0.15, -0.1) is 0 Å². The van der Waals surface area contributed by atoms with E-state index in [1.807, 2.05) is 32.0 Å². The molecule has 0 aromatic heterocycles. The lowest BCUT2D eigenvalue weighted by molar-refractivity contribution is 0.102. The maximum Gasteiger partial charge on any atom is 0.255 e. The van der Waals surface area contributed by atoms with E-state index in [2.05, 4.69) is 10.0 Å². The summed E-state index contributed by atoms with van der Waals surface area (Å²) in [6.07, 6.45) is 0. The molecule has 5 nitrogen and oxygen atoms in total. The van der Waals surface area contributed by atoms with Crippen LogP contribution in [-0.2, 0) is 10.0 Å². The first-order valence-electron chi connectivity index (χ1n) is 7.71. The zero-order valence-corrected chi connectivity index (χ0v) is 15.1. The molecule has 0 bridgehead atoms. The molecule has 2 rings (SSSR count). The molecule has 128 valence electrons. The Morgan fingerprint density at radius 2 is 1.62 bits per heavy atom. The lowest BCUT2D eigenvalue weighted by atomic mass is 10.1. The highest BCUT2D eigenvalue weighted by molar-refractivity contribution is 7.92. The Hall–Kier alpha value is -2.34. The average Bonchev–Trinajstić information content (AvgIpc) is 2.49. The molecule has 6 heteroatoms. The number of amides is 1. The van der Waals surface area contributed by atoms with Crippen molar-refractivity contribution in [2.75, 3.05) is 15.8 Å². The van der Waals surface area contributed by atoms with Crippen molar-refractivity contribution in [3.63, 3.8) is 0 Å². The van der Waals surface area contributed by atoms with Crippen LogP contribution in [0.5, 0.6) is 0 Å². The van der Waals surface area contributed by atoms with Crippen LogP contribution in [0, 0.1) is 20.8 Å². The van der Waals surface area contributed by atoms with Gasteiger partial charge >= 0.3 is 0 Å². The van der Waals surface area contributed by atoms with Gasteiger partial charge < -0.3 is 5.32 Å². The topological polar surface area (TPSA) is 75.3 Å². The van der Waals surface area contributed by atoms with E-state index >= 15 is 0 Å². The smallest absolute Gasteiger partial charge is 0.255 e. The lowest BCUT2D eigenvalue weighted by Gasteiger charge is -2.12. The lowest BCUT2D eigenvalue weighted by Crippen LogP contribution is -2.16. The van der Waals surface area contributed by atoms with E-state index in [9.17, 15) is 13.2 Å². The molecule has 2 aromatic carbocycles. The van der Waals surface area contributed by atoms with Gasteiger partial charge in [-0.3, -0.25) is 9.52 Å². The van der Waals surface area contributed by atoms with Crippen LogP contribution in [0.3, 0.4) is 0 Å². The van der Waals surface area contributed by atoms with Crippen LogP contribution in [0.4, 0.5) is 11.4 Å². The van der Waals surface area contributed by atoms with Crippen molar-refractivity contribution in [2.45, 2.75) is 27.7 Å². The summed E-state index contributed by atoms with van der Waals surface area (Å²) in [4.78, 5) is 12.4. The second-order valence-corrected chi connectivity index (χ2v) is 7.88. The second kappa shape index (κ2) is 7.05. The molecule has 0 unspecified atom stereocenters. The molecule has 0 spiro atoms. The number of rotatable bonds is 5. The molecule has 0 fully saturated rings. The number of hydrogen-bond donors (Lipinski definition) is 2. The molecule has 0 aliphatic rings. The Kier molecular flexibility index (Phi) is 5.29. The van der Waals surface area contributed by atoms with Crippen molar-refractivity contribution in [2.24, 2.45) is 0 Å². The minimum absolute atomic E-state index is 0.0115. The molecule has 2 N–H and O–H groups in total. The van der Waals surface area contributed by atoms with Crippen molar-refractivity contribution < 1.29 is 13.2 Å². The molecule has 24 heavy (non-hydrogen) atoms. The van der Waals surface area contributed by atoms with Crippen molar-refractivity contribution in [3.05, 3.63) is 58.7 Å². The van der Waals surface area contributed by atoms with Crippen LogP contribution in [0.25, 0.3) is 0 Å². The highest BCUT2D eigenvalue weighted by Gasteiger charge is 2.11. The Labute approximate surface area is 143 Å². The SMILES string of the molecule is CCS(=O)(=O)Nc1ccc(NC(=O)c2cc(C)cc(C)c2)cc1C. The number of anilines is 2. The van der Waals surface area contributed by atoms with Gasteiger partial charge in [0.1, 0.15) is 0 Å². The van der Waals surface area contributed by atoms with E-state index in [1.165, 1.54) is 0 Å². The zero-order chi connectivity index (χ0) is 17.9. The predicted octanol–water partition coefficient (Wildman–Crippen LogP) is 3.63. The number of nitrogens with one attached hydrogen (secondary N) is 2. The summed E-state index contributed by atoms with van der Waals surface area (Å²) >= 11 is 0.